The summed E-state index contributed by atoms with van der Waals surface area (Å²) in [5, 5.41) is 5.87. The summed E-state index contributed by atoms with van der Waals surface area (Å²) in [5.41, 5.74) is 3.61. The number of para-hydroxylation sites is 1. The number of anilines is 1. The van der Waals surface area contributed by atoms with Crippen LogP contribution in [-0.2, 0) is 6.54 Å². The lowest BCUT2D eigenvalue weighted by atomic mass is 9.96. The highest BCUT2D eigenvalue weighted by atomic mass is 16.5. The number of fused-ring (bicyclic) bond motifs is 2. The predicted molar refractivity (Wildman–Crippen MR) is 133 cm³/mol. The van der Waals surface area contributed by atoms with E-state index in [2.05, 4.69) is 49.5 Å². The molecule has 166 valence electrons. The van der Waals surface area contributed by atoms with E-state index in [1.165, 1.54) is 0 Å². The molecule has 4 nitrogen and oxygen atoms in total. The Morgan fingerprint density at radius 1 is 0.909 bits per heavy atom. The lowest BCUT2D eigenvalue weighted by Gasteiger charge is -2.39. The zero-order valence-electron chi connectivity index (χ0n) is 19.0. The van der Waals surface area contributed by atoms with E-state index in [9.17, 15) is 4.79 Å². The quantitative estimate of drug-likeness (QED) is 0.362. The highest BCUT2D eigenvalue weighted by molar-refractivity contribution is 6.02. The van der Waals surface area contributed by atoms with Crippen molar-refractivity contribution in [2.45, 2.75) is 39.1 Å². The van der Waals surface area contributed by atoms with Gasteiger partial charge in [0, 0.05) is 17.8 Å². The third-order valence-electron chi connectivity index (χ3n) is 6.33. The van der Waals surface area contributed by atoms with Gasteiger partial charge in [0.1, 0.15) is 11.9 Å². The van der Waals surface area contributed by atoms with Gasteiger partial charge in [-0.2, -0.15) is 0 Å². The molecule has 1 aliphatic heterocycles. The zero-order chi connectivity index (χ0) is 22.8. The van der Waals surface area contributed by atoms with Gasteiger partial charge in [-0.25, -0.2) is 0 Å². The summed E-state index contributed by atoms with van der Waals surface area (Å²) in [6.07, 6.45) is 0.608. The molecule has 5 rings (SSSR count). The molecule has 0 aromatic heterocycles. The average molecular weight is 437 g/mol. The van der Waals surface area contributed by atoms with Crippen LogP contribution in [0.5, 0.6) is 5.75 Å². The molecule has 4 aromatic rings. The van der Waals surface area contributed by atoms with Crippen molar-refractivity contribution in [1.82, 2.24) is 4.90 Å². The normalized spacial score (nSPS) is 16.2. The molecule has 1 N–H and O–H groups in total. The highest BCUT2D eigenvalue weighted by Crippen LogP contribution is 2.41. The molecule has 4 heteroatoms. The summed E-state index contributed by atoms with van der Waals surface area (Å²) in [6, 6.07) is 30.3. The molecule has 33 heavy (non-hydrogen) atoms. The number of rotatable bonds is 6. The second-order valence-corrected chi connectivity index (χ2v) is 8.55. The van der Waals surface area contributed by atoms with Gasteiger partial charge in [-0.1, -0.05) is 79.7 Å². The summed E-state index contributed by atoms with van der Waals surface area (Å²) < 4.78 is 6.40. The second-order valence-electron chi connectivity index (χ2n) is 8.55. The number of hydrogen-bond donors (Lipinski definition) is 1. The van der Waals surface area contributed by atoms with E-state index in [1.807, 2.05) is 65.6 Å². The fourth-order valence-corrected chi connectivity index (χ4v) is 4.42. The minimum atomic E-state index is -0.363. The van der Waals surface area contributed by atoms with Gasteiger partial charge in [-0.15, -0.1) is 0 Å². The maximum Gasteiger partial charge on any atom is 0.258 e. The van der Waals surface area contributed by atoms with Gasteiger partial charge in [-0.05, 0) is 47.9 Å². The Kier molecular flexibility index (Phi) is 5.74. The number of carbonyl (C=O) groups excluding carboxylic acids is 1. The van der Waals surface area contributed by atoms with Crippen LogP contribution in [0.25, 0.3) is 10.8 Å². The van der Waals surface area contributed by atoms with E-state index < -0.39 is 0 Å². The first-order valence-electron chi connectivity index (χ1n) is 11.5. The standard InChI is InChI=1S/C29H28N2O2/c1-3-20(2)33-26-18-17-22-13-7-8-14-23(22)27(26)28-30-25-16-10-9-15-24(25)29(32)31(28)19-21-11-5-4-6-12-21/h4-18,20,28,30H,3,19H2,1-2H3. The van der Waals surface area contributed by atoms with Crippen LogP contribution < -0.4 is 10.1 Å². The largest absolute Gasteiger partial charge is 0.490 e. The Labute approximate surface area is 194 Å². The molecule has 0 radical (unpaired) electrons. The van der Waals surface area contributed by atoms with Crippen molar-refractivity contribution in [2.24, 2.45) is 0 Å². The average Bonchev–Trinajstić information content (AvgIpc) is 2.86. The van der Waals surface area contributed by atoms with Crippen LogP contribution in [0.3, 0.4) is 0 Å². The molecule has 0 aliphatic carbocycles. The number of nitrogens with one attached hydrogen (secondary N) is 1. The smallest absolute Gasteiger partial charge is 0.258 e. The molecule has 2 unspecified atom stereocenters. The first kappa shape index (κ1) is 21.1. The molecule has 1 heterocycles. The lowest BCUT2D eigenvalue weighted by Crippen LogP contribution is -2.42. The molecule has 0 saturated carbocycles. The number of amides is 1. The van der Waals surface area contributed by atoms with E-state index >= 15 is 0 Å². The highest BCUT2D eigenvalue weighted by Gasteiger charge is 2.35. The fraction of sp³-hybridized carbons (Fsp3) is 0.207. The lowest BCUT2D eigenvalue weighted by molar-refractivity contribution is 0.0664. The number of nitrogens with zero attached hydrogens (tertiary/aromatic N) is 1. The van der Waals surface area contributed by atoms with Crippen molar-refractivity contribution in [3.8, 4) is 5.75 Å². The summed E-state index contributed by atoms with van der Waals surface area (Å²) in [4.78, 5) is 15.7. The SMILES string of the molecule is CCC(C)Oc1ccc2ccccc2c1C1Nc2ccccc2C(=O)N1Cc1ccccc1. The molecule has 0 bridgehead atoms. The maximum absolute atomic E-state index is 13.8. The van der Waals surface area contributed by atoms with Crippen LogP contribution >= 0.6 is 0 Å². The first-order valence-corrected chi connectivity index (χ1v) is 11.5. The van der Waals surface area contributed by atoms with Crippen molar-refractivity contribution in [1.29, 1.82) is 0 Å². The van der Waals surface area contributed by atoms with Gasteiger partial charge < -0.3 is 15.0 Å². The van der Waals surface area contributed by atoms with Crippen molar-refractivity contribution < 1.29 is 9.53 Å². The van der Waals surface area contributed by atoms with E-state index in [0.29, 0.717) is 12.1 Å². The molecular weight excluding hydrogens is 408 g/mol. The van der Waals surface area contributed by atoms with Crippen LogP contribution in [0.15, 0.2) is 91.0 Å². The number of carbonyl (C=O) groups is 1. The number of benzene rings is 4. The van der Waals surface area contributed by atoms with E-state index in [-0.39, 0.29) is 18.2 Å². The van der Waals surface area contributed by atoms with Crippen molar-refractivity contribution in [2.75, 3.05) is 5.32 Å². The van der Waals surface area contributed by atoms with Crippen LogP contribution in [0, 0.1) is 0 Å². The Morgan fingerprint density at radius 2 is 1.64 bits per heavy atom. The minimum absolute atomic E-state index is 0.0145. The van der Waals surface area contributed by atoms with Crippen LogP contribution in [0.1, 0.15) is 47.9 Å². The molecule has 1 amide bonds. The predicted octanol–water partition coefficient (Wildman–Crippen LogP) is 6.78. The molecule has 4 aromatic carbocycles. The zero-order valence-corrected chi connectivity index (χ0v) is 19.0. The van der Waals surface area contributed by atoms with Crippen molar-refractivity contribution in [3.05, 3.63) is 108 Å². The summed E-state index contributed by atoms with van der Waals surface area (Å²) in [7, 11) is 0. The second kappa shape index (κ2) is 8.99. The fourth-order valence-electron chi connectivity index (χ4n) is 4.42. The molecule has 0 fully saturated rings. The Hall–Kier alpha value is -3.79. The Bertz CT molecular complexity index is 1290. The van der Waals surface area contributed by atoms with E-state index in [1.54, 1.807) is 0 Å². The Morgan fingerprint density at radius 3 is 2.45 bits per heavy atom. The van der Waals surface area contributed by atoms with Gasteiger partial charge >= 0.3 is 0 Å². The molecule has 2 atom stereocenters. The Balaban J connectivity index is 1.69. The van der Waals surface area contributed by atoms with Crippen molar-refractivity contribution in [3.63, 3.8) is 0 Å². The molecular formula is C29H28N2O2. The summed E-state index contributed by atoms with van der Waals surface area (Å²) in [6.45, 7) is 4.69. The molecule has 0 saturated heterocycles. The summed E-state index contributed by atoms with van der Waals surface area (Å²) >= 11 is 0. The topological polar surface area (TPSA) is 41.6 Å². The summed E-state index contributed by atoms with van der Waals surface area (Å²) in [5.74, 6) is 0.825. The van der Waals surface area contributed by atoms with Crippen LogP contribution in [-0.4, -0.2) is 16.9 Å². The van der Waals surface area contributed by atoms with Gasteiger partial charge in [-0.3, -0.25) is 4.79 Å². The van der Waals surface area contributed by atoms with E-state index in [4.69, 9.17) is 4.74 Å². The van der Waals surface area contributed by atoms with Gasteiger partial charge in [0.2, 0.25) is 0 Å². The first-order chi connectivity index (χ1) is 16.2. The minimum Gasteiger partial charge on any atom is -0.490 e. The number of hydrogen-bond acceptors (Lipinski definition) is 3. The van der Waals surface area contributed by atoms with Crippen molar-refractivity contribution >= 4 is 22.4 Å². The van der Waals surface area contributed by atoms with Gasteiger partial charge in [0.05, 0.1) is 11.7 Å². The van der Waals surface area contributed by atoms with Gasteiger partial charge in [0.15, 0.2) is 0 Å². The molecule has 1 aliphatic rings. The maximum atomic E-state index is 13.8. The van der Waals surface area contributed by atoms with Crippen LogP contribution in [0.2, 0.25) is 0 Å². The van der Waals surface area contributed by atoms with Crippen LogP contribution in [0.4, 0.5) is 5.69 Å². The van der Waals surface area contributed by atoms with Gasteiger partial charge in [0.25, 0.3) is 5.91 Å². The third-order valence-corrected chi connectivity index (χ3v) is 6.33. The molecule has 0 spiro atoms. The van der Waals surface area contributed by atoms with E-state index in [0.717, 1.165) is 39.8 Å². The third kappa shape index (κ3) is 4.05. The monoisotopic (exact) mass is 436 g/mol. The number of ether oxygens (including phenoxy) is 1.